The Labute approximate surface area is 119 Å². The average molecular weight is 278 g/mol. The van der Waals surface area contributed by atoms with Gasteiger partial charge in [0.2, 0.25) is 0 Å². The van der Waals surface area contributed by atoms with E-state index in [1.165, 1.54) is 0 Å². The molecular formula is C15H22N2O3. The molecule has 1 N–H and O–H groups in total. The van der Waals surface area contributed by atoms with Gasteiger partial charge in [-0.05, 0) is 13.1 Å². The van der Waals surface area contributed by atoms with Crippen molar-refractivity contribution in [1.82, 2.24) is 10.2 Å². The van der Waals surface area contributed by atoms with E-state index < -0.39 is 0 Å². The lowest BCUT2D eigenvalue weighted by Crippen LogP contribution is -2.44. The number of fused-ring (bicyclic) bond motifs is 1. The third kappa shape index (κ3) is 3.23. The smallest absolute Gasteiger partial charge is 0.165 e. The summed E-state index contributed by atoms with van der Waals surface area (Å²) >= 11 is 0. The van der Waals surface area contributed by atoms with Crippen LogP contribution in [0.1, 0.15) is 5.56 Å². The van der Waals surface area contributed by atoms with Crippen molar-refractivity contribution in [3.63, 3.8) is 0 Å². The SMILES string of the molecule is CN1CCO[C@@H](CNCc2cccc3c2OCCO3)C1. The van der Waals surface area contributed by atoms with E-state index in [-0.39, 0.29) is 6.10 Å². The van der Waals surface area contributed by atoms with Crippen LogP contribution in [0.4, 0.5) is 0 Å². The van der Waals surface area contributed by atoms with Crippen LogP contribution >= 0.6 is 0 Å². The van der Waals surface area contributed by atoms with Crippen molar-refractivity contribution in [2.24, 2.45) is 0 Å². The largest absolute Gasteiger partial charge is 0.486 e. The fraction of sp³-hybridized carbons (Fsp3) is 0.600. The zero-order chi connectivity index (χ0) is 13.8. The number of hydrogen-bond donors (Lipinski definition) is 1. The highest BCUT2D eigenvalue weighted by molar-refractivity contribution is 5.47. The number of nitrogens with one attached hydrogen (secondary N) is 1. The van der Waals surface area contributed by atoms with Crippen molar-refractivity contribution >= 4 is 0 Å². The van der Waals surface area contributed by atoms with Crippen LogP contribution < -0.4 is 14.8 Å². The van der Waals surface area contributed by atoms with E-state index in [0.29, 0.717) is 13.2 Å². The van der Waals surface area contributed by atoms with E-state index in [1.54, 1.807) is 0 Å². The second-order valence-corrected chi connectivity index (χ2v) is 5.33. The molecule has 0 saturated carbocycles. The molecule has 2 heterocycles. The molecule has 0 spiro atoms. The lowest BCUT2D eigenvalue weighted by Gasteiger charge is -2.30. The number of nitrogens with zero attached hydrogens (tertiary/aromatic N) is 1. The first kappa shape index (κ1) is 13.7. The van der Waals surface area contributed by atoms with Gasteiger partial charge in [0.25, 0.3) is 0 Å². The van der Waals surface area contributed by atoms with Gasteiger partial charge in [-0.25, -0.2) is 0 Å². The summed E-state index contributed by atoms with van der Waals surface area (Å²) in [4.78, 5) is 2.30. The molecule has 3 rings (SSSR count). The Bertz CT molecular complexity index is 453. The number of hydrogen-bond acceptors (Lipinski definition) is 5. The van der Waals surface area contributed by atoms with Crippen LogP contribution in [-0.2, 0) is 11.3 Å². The van der Waals surface area contributed by atoms with Crippen molar-refractivity contribution in [3.8, 4) is 11.5 Å². The van der Waals surface area contributed by atoms with Crippen LogP contribution in [0.15, 0.2) is 18.2 Å². The summed E-state index contributed by atoms with van der Waals surface area (Å²) in [6.45, 7) is 5.71. The van der Waals surface area contributed by atoms with Gasteiger partial charge in [-0.1, -0.05) is 12.1 Å². The van der Waals surface area contributed by atoms with E-state index in [0.717, 1.165) is 49.8 Å². The number of morpholine rings is 1. The summed E-state index contributed by atoms with van der Waals surface area (Å²) in [5.41, 5.74) is 1.14. The van der Waals surface area contributed by atoms with E-state index in [1.807, 2.05) is 12.1 Å². The van der Waals surface area contributed by atoms with Gasteiger partial charge in [0.05, 0.1) is 12.7 Å². The first-order chi connectivity index (χ1) is 9.83. The maximum atomic E-state index is 5.74. The highest BCUT2D eigenvalue weighted by atomic mass is 16.6. The molecule has 2 aliphatic rings. The summed E-state index contributed by atoms with van der Waals surface area (Å²) in [6.07, 6.45) is 0.269. The zero-order valence-electron chi connectivity index (χ0n) is 11.9. The lowest BCUT2D eigenvalue weighted by molar-refractivity contribution is -0.0182. The predicted octanol–water partition coefficient (Wildman–Crippen LogP) is 0.878. The summed E-state index contributed by atoms with van der Waals surface area (Å²) < 4.78 is 17.0. The normalized spacial score (nSPS) is 22.8. The molecule has 0 aromatic heterocycles. The molecule has 0 bridgehead atoms. The summed E-state index contributed by atoms with van der Waals surface area (Å²) in [6, 6.07) is 6.04. The van der Waals surface area contributed by atoms with Gasteiger partial charge in [-0.2, -0.15) is 0 Å². The van der Waals surface area contributed by atoms with Crippen molar-refractivity contribution in [2.75, 3.05) is 46.5 Å². The second kappa shape index (κ2) is 6.43. The average Bonchev–Trinajstić information content (AvgIpc) is 2.48. The molecule has 1 atom stereocenters. The van der Waals surface area contributed by atoms with Gasteiger partial charge in [0.15, 0.2) is 11.5 Å². The molecule has 5 heteroatoms. The molecular weight excluding hydrogens is 256 g/mol. The first-order valence-corrected chi connectivity index (χ1v) is 7.21. The maximum absolute atomic E-state index is 5.74. The van der Waals surface area contributed by atoms with Crippen molar-refractivity contribution in [1.29, 1.82) is 0 Å². The van der Waals surface area contributed by atoms with Crippen LogP contribution in [0.2, 0.25) is 0 Å². The quantitative estimate of drug-likeness (QED) is 0.885. The Kier molecular flexibility index (Phi) is 4.40. The van der Waals surface area contributed by atoms with Crippen molar-refractivity contribution < 1.29 is 14.2 Å². The number of para-hydroxylation sites is 1. The molecule has 1 fully saturated rings. The standard InChI is InChI=1S/C15H22N2O3/c1-17-5-6-18-13(11-17)10-16-9-12-3-2-4-14-15(12)20-8-7-19-14/h2-4,13,16H,5-11H2,1H3/t13-/m0/s1. The van der Waals surface area contributed by atoms with Crippen LogP contribution in [0.25, 0.3) is 0 Å². The Balaban J connectivity index is 1.53. The van der Waals surface area contributed by atoms with Crippen molar-refractivity contribution in [2.45, 2.75) is 12.6 Å². The Hall–Kier alpha value is -1.30. The van der Waals surface area contributed by atoms with E-state index >= 15 is 0 Å². The van der Waals surface area contributed by atoms with E-state index in [9.17, 15) is 0 Å². The molecule has 1 aromatic rings. The molecule has 110 valence electrons. The van der Waals surface area contributed by atoms with Crippen LogP contribution in [0, 0.1) is 0 Å². The Morgan fingerprint density at radius 2 is 2.15 bits per heavy atom. The summed E-state index contributed by atoms with van der Waals surface area (Å²) in [5, 5.41) is 3.45. The molecule has 0 aliphatic carbocycles. The lowest BCUT2D eigenvalue weighted by atomic mass is 10.1. The zero-order valence-corrected chi connectivity index (χ0v) is 11.9. The molecule has 20 heavy (non-hydrogen) atoms. The van der Waals surface area contributed by atoms with Gasteiger partial charge in [-0.15, -0.1) is 0 Å². The number of ether oxygens (including phenoxy) is 3. The molecule has 5 nitrogen and oxygen atoms in total. The van der Waals surface area contributed by atoms with Crippen LogP contribution in [0.5, 0.6) is 11.5 Å². The fourth-order valence-corrected chi connectivity index (χ4v) is 2.63. The third-order valence-electron chi connectivity index (χ3n) is 3.68. The van der Waals surface area contributed by atoms with E-state index in [4.69, 9.17) is 14.2 Å². The molecule has 0 unspecified atom stereocenters. The molecule has 1 aromatic carbocycles. The van der Waals surface area contributed by atoms with Gasteiger partial charge in [-0.3, -0.25) is 0 Å². The van der Waals surface area contributed by atoms with Gasteiger partial charge in [0.1, 0.15) is 13.2 Å². The molecule has 0 radical (unpaired) electrons. The fourth-order valence-electron chi connectivity index (χ4n) is 2.63. The first-order valence-electron chi connectivity index (χ1n) is 7.21. The minimum absolute atomic E-state index is 0.269. The minimum Gasteiger partial charge on any atom is -0.486 e. The summed E-state index contributed by atoms with van der Waals surface area (Å²) in [7, 11) is 2.13. The molecule has 0 amide bonds. The minimum atomic E-state index is 0.269. The van der Waals surface area contributed by atoms with Crippen LogP contribution in [-0.4, -0.2) is 57.5 Å². The molecule has 1 saturated heterocycles. The highest BCUT2D eigenvalue weighted by Gasteiger charge is 2.18. The number of likely N-dealkylation sites (N-methyl/N-ethyl adjacent to an activating group) is 1. The predicted molar refractivity (Wildman–Crippen MR) is 76.4 cm³/mol. The Morgan fingerprint density at radius 3 is 3.05 bits per heavy atom. The van der Waals surface area contributed by atoms with Crippen molar-refractivity contribution in [3.05, 3.63) is 23.8 Å². The molecule has 2 aliphatic heterocycles. The van der Waals surface area contributed by atoms with Gasteiger partial charge in [0, 0.05) is 31.7 Å². The number of rotatable bonds is 4. The second-order valence-electron chi connectivity index (χ2n) is 5.33. The topological polar surface area (TPSA) is 43.0 Å². The Morgan fingerprint density at radius 1 is 1.25 bits per heavy atom. The number of benzene rings is 1. The van der Waals surface area contributed by atoms with E-state index in [2.05, 4.69) is 23.3 Å². The third-order valence-corrected chi connectivity index (χ3v) is 3.68. The van der Waals surface area contributed by atoms with Gasteiger partial charge >= 0.3 is 0 Å². The summed E-state index contributed by atoms with van der Waals surface area (Å²) in [5.74, 6) is 1.73. The van der Waals surface area contributed by atoms with Crippen LogP contribution in [0.3, 0.4) is 0 Å². The van der Waals surface area contributed by atoms with Gasteiger partial charge < -0.3 is 24.4 Å². The maximum Gasteiger partial charge on any atom is 0.165 e. The monoisotopic (exact) mass is 278 g/mol. The highest BCUT2D eigenvalue weighted by Crippen LogP contribution is 2.33.